The molecule has 9 heteroatoms. The van der Waals surface area contributed by atoms with Crippen LogP contribution in [0.5, 0.6) is 0 Å². The van der Waals surface area contributed by atoms with E-state index in [2.05, 4.69) is 10.0 Å². The van der Waals surface area contributed by atoms with Crippen molar-refractivity contribution in [3.05, 3.63) is 65.0 Å². The van der Waals surface area contributed by atoms with Gasteiger partial charge in [-0.25, -0.2) is 26.3 Å². The summed E-state index contributed by atoms with van der Waals surface area (Å²) in [6.45, 7) is 0.596. The van der Waals surface area contributed by atoms with Gasteiger partial charge in [0, 0.05) is 24.7 Å². The molecule has 1 heterocycles. The quantitative estimate of drug-likeness (QED) is 0.841. The average molecular weight is 393 g/mol. The molecule has 0 saturated carbocycles. The lowest BCUT2D eigenvalue weighted by atomic mass is 9.95. The van der Waals surface area contributed by atoms with Gasteiger partial charge in [-0.2, -0.15) is 0 Å². The second kappa shape index (κ2) is 7.74. The van der Waals surface area contributed by atoms with Crippen LogP contribution >= 0.6 is 12.4 Å². The highest BCUT2D eigenvalue weighted by atomic mass is 35.5. The summed E-state index contributed by atoms with van der Waals surface area (Å²) in [5, 5.41) is 3.16. The Morgan fingerprint density at radius 3 is 2.44 bits per heavy atom. The normalized spacial score (nSPS) is 16.8. The molecule has 136 valence electrons. The van der Waals surface area contributed by atoms with Crippen LogP contribution in [0.3, 0.4) is 0 Å². The molecule has 1 atom stereocenters. The number of benzene rings is 2. The molecule has 0 aromatic heterocycles. The van der Waals surface area contributed by atoms with Crippen LogP contribution in [0.2, 0.25) is 0 Å². The zero-order valence-electron chi connectivity index (χ0n) is 12.9. The third-order valence-electron chi connectivity index (χ3n) is 3.92. The molecule has 1 aliphatic rings. The summed E-state index contributed by atoms with van der Waals surface area (Å²) in [5.41, 5.74) is 2.03. The first-order valence-corrected chi connectivity index (χ1v) is 8.82. The summed E-state index contributed by atoms with van der Waals surface area (Å²) >= 11 is 0. The molecule has 0 fully saturated rings. The zero-order valence-corrected chi connectivity index (χ0v) is 14.6. The van der Waals surface area contributed by atoms with Gasteiger partial charge in [0.25, 0.3) is 0 Å². The highest BCUT2D eigenvalue weighted by molar-refractivity contribution is 7.89. The van der Waals surface area contributed by atoms with Gasteiger partial charge in [0.1, 0.15) is 17.5 Å². The van der Waals surface area contributed by atoms with Gasteiger partial charge in [-0.15, -0.1) is 12.4 Å². The third kappa shape index (κ3) is 4.14. The molecular weight excluding hydrogens is 377 g/mol. The fourth-order valence-corrected chi connectivity index (χ4v) is 3.99. The molecule has 0 saturated heterocycles. The van der Waals surface area contributed by atoms with E-state index in [0.29, 0.717) is 18.7 Å². The molecule has 3 rings (SSSR count). The fraction of sp³-hybridized carbons (Fsp3) is 0.250. The maximum Gasteiger partial charge on any atom is 0.246 e. The molecule has 1 aliphatic heterocycles. The van der Waals surface area contributed by atoms with Crippen molar-refractivity contribution in [1.82, 2.24) is 10.0 Å². The first-order chi connectivity index (χ1) is 11.4. The summed E-state index contributed by atoms with van der Waals surface area (Å²) in [7, 11) is -4.45. The lowest BCUT2D eigenvalue weighted by Crippen LogP contribution is -2.39. The van der Waals surface area contributed by atoms with Crippen molar-refractivity contribution >= 4 is 22.4 Å². The van der Waals surface area contributed by atoms with Crippen LogP contribution in [0, 0.1) is 17.5 Å². The molecule has 2 aromatic carbocycles. The van der Waals surface area contributed by atoms with Crippen LogP contribution in [-0.4, -0.2) is 21.5 Å². The van der Waals surface area contributed by atoms with Gasteiger partial charge in [0.05, 0.1) is 0 Å². The molecule has 0 spiro atoms. The van der Waals surface area contributed by atoms with Crippen molar-refractivity contribution in [2.24, 2.45) is 0 Å². The Morgan fingerprint density at radius 2 is 1.76 bits per heavy atom. The zero-order chi connectivity index (χ0) is 17.3. The van der Waals surface area contributed by atoms with E-state index in [4.69, 9.17) is 0 Å². The summed E-state index contributed by atoms with van der Waals surface area (Å²) in [5.74, 6) is -4.10. The molecule has 4 nitrogen and oxygen atoms in total. The molecule has 0 bridgehead atoms. The summed E-state index contributed by atoms with van der Waals surface area (Å²) in [6, 6.07) is 7.94. The first-order valence-electron chi connectivity index (χ1n) is 7.34. The minimum Gasteiger partial charge on any atom is -0.308 e. The number of halogens is 4. The minimum atomic E-state index is -4.45. The lowest BCUT2D eigenvalue weighted by Gasteiger charge is -2.27. The summed E-state index contributed by atoms with van der Waals surface area (Å²) in [6.07, 6.45) is 0.820. The van der Waals surface area contributed by atoms with Gasteiger partial charge in [-0.1, -0.05) is 24.3 Å². The maximum atomic E-state index is 13.7. The lowest BCUT2D eigenvalue weighted by molar-refractivity contribution is 0.477. The van der Waals surface area contributed by atoms with Gasteiger partial charge in [-0.05, 0) is 24.1 Å². The number of sulfonamides is 1. The van der Waals surface area contributed by atoms with Crippen molar-refractivity contribution in [3.63, 3.8) is 0 Å². The van der Waals surface area contributed by atoms with Crippen molar-refractivity contribution in [3.8, 4) is 0 Å². The van der Waals surface area contributed by atoms with E-state index in [1.54, 1.807) is 0 Å². The molecule has 0 aliphatic carbocycles. The maximum absolute atomic E-state index is 13.7. The smallest absolute Gasteiger partial charge is 0.246 e. The van der Waals surface area contributed by atoms with Crippen LogP contribution in [-0.2, 0) is 16.4 Å². The van der Waals surface area contributed by atoms with Crippen molar-refractivity contribution < 1.29 is 21.6 Å². The van der Waals surface area contributed by atoms with Gasteiger partial charge in [0.2, 0.25) is 10.0 Å². The van der Waals surface area contributed by atoms with E-state index in [9.17, 15) is 21.6 Å². The van der Waals surface area contributed by atoms with E-state index in [-0.39, 0.29) is 25.0 Å². The number of fused-ring (bicyclic) bond motifs is 1. The third-order valence-corrected chi connectivity index (χ3v) is 5.40. The number of hydrogen-bond donors (Lipinski definition) is 2. The molecule has 0 amide bonds. The fourth-order valence-electron chi connectivity index (χ4n) is 2.83. The Labute approximate surface area is 149 Å². The van der Waals surface area contributed by atoms with Crippen LogP contribution < -0.4 is 10.0 Å². The summed E-state index contributed by atoms with van der Waals surface area (Å²) in [4.78, 5) is -1.17. The minimum absolute atomic E-state index is 0. The standard InChI is InChI=1S/C16H15F3N2O2S.ClH/c17-11-7-13(18)16(14(19)8-11)24(22,23)21-9-15-12-4-2-1-3-10(12)5-6-20-15;/h1-4,7-8,15,20-21H,5-6,9H2;1H. The average Bonchev–Trinajstić information content (AvgIpc) is 2.51. The van der Waals surface area contributed by atoms with Gasteiger partial charge in [0.15, 0.2) is 4.90 Å². The number of hydrogen-bond acceptors (Lipinski definition) is 3. The summed E-state index contributed by atoms with van der Waals surface area (Å²) < 4.78 is 66.9. The Balaban J connectivity index is 0.00000225. The molecular formula is C16H16ClF3N2O2S. The van der Waals surface area contributed by atoms with Crippen LogP contribution in [0.15, 0.2) is 41.3 Å². The van der Waals surface area contributed by atoms with E-state index in [1.807, 2.05) is 24.3 Å². The largest absolute Gasteiger partial charge is 0.308 e. The predicted molar refractivity (Wildman–Crippen MR) is 89.6 cm³/mol. The highest BCUT2D eigenvalue weighted by Crippen LogP contribution is 2.24. The van der Waals surface area contributed by atoms with E-state index >= 15 is 0 Å². The van der Waals surface area contributed by atoms with E-state index in [1.165, 1.54) is 0 Å². The second-order valence-corrected chi connectivity index (χ2v) is 7.21. The Bertz CT molecular complexity index is 854. The van der Waals surface area contributed by atoms with E-state index in [0.717, 1.165) is 17.5 Å². The van der Waals surface area contributed by atoms with Gasteiger partial charge < -0.3 is 5.32 Å². The van der Waals surface area contributed by atoms with Crippen LogP contribution in [0.25, 0.3) is 0 Å². The number of nitrogens with one attached hydrogen (secondary N) is 2. The molecule has 2 aromatic rings. The molecule has 2 N–H and O–H groups in total. The van der Waals surface area contributed by atoms with Crippen molar-refractivity contribution in [2.45, 2.75) is 17.4 Å². The molecule has 0 radical (unpaired) electrons. The van der Waals surface area contributed by atoms with E-state index < -0.39 is 32.4 Å². The van der Waals surface area contributed by atoms with Crippen molar-refractivity contribution in [2.75, 3.05) is 13.1 Å². The Morgan fingerprint density at radius 1 is 1.12 bits per heavy atom. The first kappa shape index (κ1) is 19.7. The molecule has 1 unspecified atom stereocenters. The second-order valence-electron chi connectivity index (χ2n) is 5.51. The van der Waals surface area contributed by atoms with Gasteiger partial charge >= 0.3 is 0 Å². The van der Waals surface area contributed by atoms with Crippen molar-refractivity contribution in [1.29, 1.82) is 0 Å². The number of rotatable bonds is 4. The predicted octanol–water partition coefficient (Wildman–Crippen LogP) is 2.69. The van der Waals surface area contributed by atoms with Gasteiger partial charge in [-0.3, -0.25) is 0 Å². The van der Waals surface area contributed by atoms with Crippen LogP contribution in [0.1, 0.15) is 17.2 Å². The highest BCUT2D eigenvalue weighted by Gasteiger charge is 2.27. The Kier molecular flexibility index (Phi) is 6.10. The topological polar surface area (TPSA) is 58.2 Å². The van der Waals surface area contributed by atoms with Crippen LogP contribution in [0.4, 0.5) is 13.2 Å². The SMILES string of the molecule is Cl.O=S(=O)(NCC1NCCc2ccccc21)c1c(F)cc(F)cc1F. The Hall–Kier alpha value is -1.61. The molecule has 25 heavy (non-hydrogen) atoms. The monoisotopic (exact) mass is 392 g/mol.